The monoisotopic (exact) mass is 484 g/mol. The highest BCUT2D eigenvalue weighted by Gasteiger charge is 2.49. The van der Waals surface area contributed by atoms with Crippen molar-refractivity contribution in [3.05, 3.63) is 42.0 Å². The molecule has 1 heterocycles. The van der Waals surface area contributed by atoms with E-state index >= 15 is 0 Å². The quantitative estimate of drug-likeness (QED) is 0.585. The van der Waals surface area contributed by atoms with Gasteiger partial charge < -0.3 is 29.4 Å². The summed E-state index contributed by atoms with van der Waals surface area (Å²) >= 11 is 0. The standard InChI is InChI=1S/C27H36N2O6/c1-32-20-10-8-19(9-11-20)28-24(30)17-29-14-13-27(31)12-6-5-7-21(27)25(29)18-15-22(33-2)26(35-4)23(16-18)34-3/h8-11,15-16,21,25,31H,5-7,12-14,17H2,1-4H3,(H,28,30)/t21-,25+,27+/m0/s1. The van der Waals surface area contributed by atoms with Crippen LogP contribution in [0.15, 0.2) is 36.4 Å². The summed E-state index contributed by atoms with van der Waals surface area (Å²) in [6.45, 7) is 0.824. The number of carbonyl (C=O) groups excluding carboxylic acids is 1. The van der Waals surface area contributed by atoms with E-state index in [1.54, 1.807) is 28.4 Å². The molecule has 35 heavy (non-hydrogen) atoms. The third-order valence-corrected chi connectivity index (χ3v) is 7.42. The molecule has 1 saturated heterocycles. The minimum Gasteiger partial charge on any atom is -0.497 e. The zero-order valence-electron chi connectivity index (χ0n) is 21.0. The van der Waals surface area contributed by atoms with Gasteiger partial charge in [-0.05, 0) is 61.2 Å². The van der Waals surface area contributed by atoms with Crippen LogP contribution in [0.25, 0.3) is 0 Å². The second kappa shape index (κ2) is 10.7. The number of rotatable bonds is 8. The fourth-order valence-corrected chi connectivity index (χ4v) is 5.69. The van der Waals surface area contributed by atoms with E-state index in [9.17, 15) is 9.90 Å². The first-order chi connectivity index (χ1) is 16.9. The molecular formula is C27H36N2O6. The van der Waals surface area contributed by atoms with Crippen LogP contribution in [0.5, 0.6) is 23.0 Å². The Morgan fingerprint density at radius 1 is 1.00 bits per heavy atom. The van der Waals surface area contributed by atoms with E-state index in [1.807, 2.05) is 36.4 Å². The highest BCUT2D eigenvalue weighted by atomic mass is 16.5. The Balaban J connectivity index is 1.65. The molecule has 0 unspecified atom stereocenters. The Hall–Kier alpha value is -2.97. The van der Waals surface area contributed by atoms with E-state index in [-0.39, 0.29) is 24.4 Å². The molecule has 1 aliphatic carbocycles. The molecule has 8 nitrogen and oxygen atoms in total. The molecule has 2 aliphatic rings. The van der Waals surface area contributed by atoms with Gasteiger partial charge in [-0.2, -0.15) is 0 Å². The van der Waals surface area contributed by atoms with E-state index in [2.05, 4.69) is 10.2 Å². The van der Waals surface area contributed by atoms with Crippen molar-refractivity contribution in [2.45, 2.75) is 43.7 Å². The largest absolute Gasteiger partial charge is 0.497 e. The maximum absolute atomic E-state index is 13.1. The average Bonchev–Trinajstić information content (AvgIpc) is 2.88. The topological polar surface area (TPSA) is 89.5 Å². The Labute approximate surface area is 207 Å². The first kappa shape index (κ1) is 25.1. The minimum absolute atomic E-state index is 0.00148. The molecule has 8 heteroatoms. The number of hydrogen-bond donors (Lipinski definition) is 2. The highest BCUT2D eigenvalue weighted by molar-refractivity contribution is 5.92. The summed E-state index contributed by atoms with van der Waals surface area (Å²) in [5.41, 5.74) is 0.916. The summed E-state index contributed by atoms with van der Waals surface area (Å²) in [5, 5.41) is 14.6. The molecule has 2 fully saturated rings. The second-order valence-electron chi connectivity index (χ2n) is 9.36. The molecule has 4 rings (SSSR count). The van der Waals surface area contributed by atoms with Gasteiger partial charge in [0, 0.05) is 24.2 Å². The fraction of sp³-hybridized carbons (Fsp3) is 0.519. The maximum Gasteiger partial charge on any atom is 0.238 e. The molecule has 3 atom stereocenters. The Morgan fingerprint density at radius 2 is 1.69 bits per heavy atom. The lowest BCUT2D eigenvalue weighted by Gasteiger charge is -2.52. The van der Waals surface area contributed by atoms with Crippen LogP contribution in [0.2, 0.25) is 0 Å². The van der Waals surface area contributed by atoms with E-state index in [0.29, 0.717) is 35.9 Å². The van der Waals surface area contributed by atoms with Crippen LogP contribution in [0.4, 0.5) is 5.69 Å². The number of nitrogens with one attached hydrogen (secondary N) is 1. The molecule has 0 spiro atoms. The lowest BCUT2D eigenvalue weighted by atomic mass is 9.66. The molecule has 0 bridgehead atoms. The predicted molar refractivity (Wildman–Crippen MR) is 134 cm³/mol. The van der Waals surface area contributed by atoms with Gasteiger partial charge in [-0.15, -0.1) is 0 Å². The van der Waals surface area contributed by atoms with Crippen molar-refractivity contribution < 1.29 is 28.8 Å². The van der Waals surface area contributed by atoms with Gasteiger partial charge >= 0.3 is 0 Å². The number of ether oxygens (including phenoxy) is 4. The van der Waals surface area contributed by atoms with Gasteiger partial charge in [0.25, 0.3) is 0 Å². The van der Waals surface area contributed by atoms with Crippen LogP contribution in [0.1, 0.15) is 43.7 Å². The number of anilines is 1. The number of likely N-dealkylation sites (tertiary alicyclic amines) is 1. The molecule has 0 radical (unpaired) electrons. The lowest BCUT2D eigenvalue weighted by molar-refractivity contribution is -0.135. The number of hydrogen-bond acceptors (Lipinski definition) is 7. The molecular weight excluding hydrogens is 448 g/mol. The number of piperidine rings is 1. The molecule has 0 aromatic heterocycles. The summed E-state index contributed by atoms with van der Waals surface area (Å²) in [6.07, 6.45) is 4.40. The Kier molecular flexibility index (Phi) is 7.72. The number of fused-ring (bicyclic) bond motifs is 1. The first-order valence-corrected chi connectivity index (χ1v) is 12.1. The van der Waals surface area contributed by atoms with Crippen LogP contribution in [-0.4, -0.2) is 63.0 Å². The van der Waals surface area contributed by atoms with Gasteiger partial charge in [-0.25, -0.2) is 0 Å². The van der Waals surface area contributed by atoms with Crippen molar-refractivity contribution in [3.8, 4) is 23.0 Å². The van der Waals surface area contributed by atoms with Crippen LogP contribution in [0.3, 0.4) is 0 Å². The summed E-state index contributed by atoms with van der Waals surface area (Å²) in [5.74, 6) is 2.29. The fourth-order valence-electron chi connectivity index (χ4n) is 5.69. The van der Waals surface area contributed by atoms with Crippen LogP contribution in [-0.2, 0) is 4.79 Å². The van der Waals surface area contributed by atoms with Crippen molar-refractivity contribution in [2.24, 2.45) is 5.92 Å². The molecule has 2 aromatic carbocycles. The van der Waals surface area contributed by atoms with Gasteiger partial charge in [0.05, 0.1) is 40.6 Å². The first-order valence-electron chi connectivity index (χ1n) is 12.1. The van der Waals surface area contributed by atoms with Crippen LogP contribution < -0.4 is 24.3 Å². The summed E-state index contributed by atoms with van der Waals surface area (Å²) in [7, 11) is 6.38. The number of amides is 1. The van der Waals surface area contributed by atoms with Crippen molar-refractivity contribution >= 4 is 11.6 Å². The summed E-state index contributed by atoms with van der Waals surface area (Å²) in [4.78, 5) is 15.3. The molecule has 2 N–H and O–H groups in total. The maximum atomic E-state index is 13.1. The number of nitrogens with zero attached hydrogens (tertiary/aromatic N) is 1. The second-order valence-corrected chi connectivity index (χ2v) is 9.36. The van der Waals surface area contributed by atoms with Gasteiger partial charge in [0.15, 0.2) is 11.5 Å². The number of aliphatic hydroxyl groups is 1. The average molecular weight is 485 g/mol. The zero-order valence-corrected chi connectivity index (χ0v) is 21.0. The van der Waals surface area contributed by atoms with Crippen molar-refractivity contribution in [3.63, 3.8) is 0 Å². The van der Waals surface area contributed by atoms with Crippen molar-refractivity contribution in [2.75, 3.05) is 46.8 Å². The van der Waals surface area contributed by atoms with Crippen molar-refractivity contribution in [1.29, 1.82) is 0 Å². The lowest BCUT2D eigenvalue weighted by Crippen LogP contribution is -2.56. The normalized spacial score (nSPS) is 24.3. The number of methoxy groups -OCH3 is 4. The van der Waals surface area contributed by atoms with E-state index in [1.165, 1.54) is 0 Å². The molecule has 1 saturated carbocycles. The van der Waals surface area contributed by atoms with Gasteiger partial charge in [0.2, 0.25) is 11.7 Å². The SMILES string of the molecule is COc1ccc(NC(=O)CN2CC[C@]3(O)CCCC[C@H]3[C@H]2c2cc(OC)c(OC)c(OC)c2)cc1. The summed E-state index contributed by atoms with van der Waals surface area (Å²) < 4.78 is 21.9. The highest BCUT2D eigenvalue weighted by Crippen LogP contribution is 2.51. The molecule has 1 aliphatic heterocycles. The predicted octanol–water partition coefficient (Wildman–Crippen LogP) is 4.03. The molecule has 1 amide bonds. The Morgan fingerprint density at radius 3 is 2.29 bits per heavy atom. The van der Waals surface area contributed by atoms with E-state index in [0.717, 1.165) is 37.0 Å². The molecule has 190 valence electrons. The Bertz CT molecular complexity index is 1000. The number of carbonyl (C=O) groups is 1. The van der Waals surface area contributed by atoms with Gasteiger partial charge in [0.1, 0.15) is 5.75 Å². The third kappa shape index (κ3) is 5.18. The zero-order chi connectivity index (χ0) is 25.0. The smallest absolute Gasteiger partial charge is 0.238 e. The van der Waals surface area contributed by atoms with Crippen molar-refractivity contribution in [1.82, 2.24) is 4.90 Å². The van der Waals surface area contributed by atoms with Crippen LogP contribution in [0, 0.1) is 5.92 Å². The third-order valence-electron chi connectivity index (χ3n) is 7.42. The van der Waals surface area contributed by atoms with E-state index in [4.69, 9.17) is 18.9 Å². The minimum atomic E-state index is -0.744. The van der Waals surface area contributed by atoms with Crippen LogP contribution >= 0.6 is 0 Å². The van der Waals surface area contributed by atoms with E-state index < -0.39 is 5.60 Å². The summed E-state index contributed by atoms with van der Waals surface area (Å²) in [6, 6.07) is 11.0. The van der Waals surface area contributed by atoms with Gasteiger partial charge in [-0.1, -0.05) is 12.8 Å². The molecule has 2 aromatic rings. The number of benzene rings is 2. The van der Waals surface area contributed by atoms with Gasteiger partial charge in [-0.3, -0.25) is 9.69 Å².